The summed E-state index contributed by atoms with van der Waals surface area (Å²) in [5, 5.41) is 7.90. The minimum atomic E-state index is -5.06. The molecule has 2 amide bonds. The van der Waals surface area contributed by atoms with Crippen molar-refractivity contribution in [3.63, 3.8) is 0 Å². The average molecular weight is 603 g/mol. The molecule has 0 saturated carbocycles. The summed E-state index contributed by atoms with van der Waals surface area (Å²) in [4.78, 5) is 27.2. The van der Waals surface area contributed by atoms with E-state index in [9.17, 15) is 35.9 Å². The Labute approximate surface area is 237 Å². The van der Waals surface area contributed by atoms with Crippen LogP contribution < -0.4 is 16.0 Å². The number of rotatable bonds is 7. The molecule has 0 bridgehead atoms. The molecule has 7 nitrogen and oxygen atoms in total. The van der Waals surface area contributed by atoms with Gasteiger partial charge in [0.05, 0.1) is 29.3 Å². The highest BCUT2D eigenvalue weighted by Crippen LogP contribution is 2.38. The molecule has 14 heteroatoms. The van der Waals surface area contributed by atoms with Gasteiger partial charge in [-0.3, -0.25) is 0 Å². The van der Waals surface area contributed by atoms with Gasteiger partial charge in [0.1, 0.15) is 0 Å². The van der Waals surface area contributed by atoms with Gasteiger partial charge in [0.2, 0.25) is 0 Å². The number of nitrogens with one attached hydrogen (secondary N) is 3. The summed E-state index contributed by atoms with van der Waals surface area (Å²) < 4.78 is 84.2. The molecule has 0 spiro atoms. The summed E-state index contributed by atoms with van der Waals surface area (Å²) in [5.41, 5.74) is -2.05. The van der Waals surface area contributed by atoms with Gasteiger partial charge >= 0.3 is 24.4 Å². The predicted octanol–water partition coefficient (Wildman–Crippen LogP) is 7.09. The summed E-state index contributed by atoms with van der Waals surface area (Å²) in [6.07, 6.45) is -10.1. The van der Waals surface area contributed by atoms with Gasteiger partial charge in [0.25, 0.3) is 0 Å². The number of ether oxygens (including phenoxy) is 1. The van der Waals surface area contributed by atoms with E-state index in [1.807, 2.05) is 26.1 Å². The quantitative estimate of drug-likeness (QED) is 0.178. The highest BCUT2D eigenvalue weighted by atomic mass is 32.1. The molecule has 1 atom stereocenters. The van der Waals surface area contributed by atoms with Gasteiger partial charge in [0, 0.05) is 23.6 Å². The molecule has 0 radical (unpaired) electrons. The molecule has 2 aromatic rings. The predicted molar refractivity (Wildman–Crippen MR) is 145 cm³/mol. The zero-order valence-corrected chi connectivity index (χ0v) is 23.3. The van der Waals surface area contributed by atoms with Crippen LogP contribution in [0, 0.1) is 5.92 Å². The molecule has 0 aliphatic carbocycles. The molecule has 2 aromatic carbocycles. The molecule has 1 unspecified atom stereocenters. The van der Waals surface area contributed by atoms with Gasteiger partial charge in [-0.05, 0) is 67.9 Å². The maximum absolute atomic E-state index is 13.1. The van der Waals surface area contributed by atoms with Crippen molar-refractivity contribution < 1.29 is 40.7 Å². The molecule has 3 N–H and O–H groups in total. The highest BCUT2D eigenvalue weighted by Gasteiger charge is 2.37. The molecule has 1 heterocycles. The first kappa shape index (κ1) is 31.7. The first-order valence-corrected chi connectivity index (χ1v) is 12.9. The summed E-state index contributed by atoms with van der Waals surface area (Å²) in [6, 6.07) is 5.16. The second-order valence-electron chi connectivity index (χ2n) is 9.61. The van der Waals surface area contributed by atoms with E-state index in [-0.39, 0.29) is 24.3 Å². The molecule has 3 rings (SSSR count). The number of halogens is 6. The van der Waals surface area contributed by atoms with Crippen molar-refractivity contribution in [3.05, 3.63) is 70.4 Å². The first-order valence-electron chi connectivity index (χ1n) is 12.4. The number of anilines is 2. The summed E-state index contributed by atoms with van der Waals surface area (Å²) >= 11 is 5.46. The second-order valence-corrected chi connectivity index (χ2v) is 10.0. The minimum Gasteiger partial charge on any atom is -0.462 e. The van der Waals surface area contributed by atoms with Gasteiger partial charge in [-0.25, -0.2) is 9.59 Å². The van der Waals surface area contributed by atoms with Crippen LogP contribution in [-0.4, -0.2) is 35.2 Å². The number of urea groups is 1. The lowest BCUT2D eigenvalue weighted by Crippen LogP contribution is -2.47. The van der Waals surface area contributed by atoms with Crippen LogP contribution in [0.4, 0.5) is 42.5 Å². The molecule has 0 aromatic heterocycles. The Kier molecular flexibility index (Phi) is 9.57. The van der Waals surface area contributed by atoms with Crippen molar-refractivity contribution in [2.24, 2.45) is 5.92 Å². The van der Waals surface area contributed by atoms with E-state index < -0.39 is 47.2 Å². The van der Waals surface area contributed by atoms with Crippen LogP contribution in [0.1, 0.15) is 50.4 Å². The number of esters is 1. The lowest BCUT2D eigenvalue weighted by molar-refractivity contribution is -0.143. The Morgan fingerprint density at radius 1 is 0.976 bits per heavy atom. The van der Waals surface area contributed by atoms with Crippen molar-refractivity contribution >= 4 is 40.7 Å². The van der Waals surface area contributed by atoms with Crippen LogP contribution in [-0.2, 0) is 21.9 Å². The van der Waals surface area contributed by atoms with E-state index in [1.165, 1.54) is 12.1 Å². The second kappa shape index (κ2) is 12.4. The SMILES string of the molecule is CCN1C(=S)NC(c2ccc(NC(=O)Nc3cc(C(F)(F)F)cc(C(F)(F)F)c3)cc2)C(C(=O)OCC(C)C)=C1C. The fourth-order valence-corrected chi connectivity index (χ4v) is 4.46. The topological polar surface area (TPSA) is 82.7 Å². The third kappa shape index (κ3) is 7.90. The number of carbonyl (C=O) groups is 2. The largest absolute Gasteiger partial charge is 0.462 e. The smallest absolute Gasteiger partial charge is 0.416 e. The van der Waals surface area contributed by atoms with Gasteiger partial charge in [-0.2, -0.15) is 26.3 Å². The fourth-order valence-electron chi connectivity index (χ4n) is 4.08. The first-order chi connectivity index (χ1) is 19.0. The van der Waals surface area contributed by atoms with Crippen molar-refractivity contribution in [1.29, 1.82) is 0 Å². The number of carbonyl (C=O) groups excluding carboxylic acids is 2. The van der Waals surface area contributed by atoms with E-state index in [0.717, 1.165) is 0 Å². The number of alkyl halides is 6. The normalized spacial score (nSPS) is 16.0. The van der Waals surface area contributed by atoms with Crippen molar-refractivity contribution in [2.75, 3.05) is 23.8 Å². The Bertz CT molecular complexity index is 1310. The average Bonchev–Trinajstić information content (AvgIpc) is 2.86. The van der Waals surface area contributed by atoms with E-state index in [2.05, 4.69) is 10.6 Å². The van der Waals surface area contributed by atoms with Gasteiger partial charge in [-0.1, -0.05) is 26.0 Å². The Morgan fingerprint density at radius 2 is 1.51 bits per heavy atom. The number of benzene rings is 2. The van der Waals surface area contributed by atoms with E-state index >= 15 is 0 Å². The van der Waals surface area contributed by atoms with Gasteiger partial charge in [-0.15, -0.1) is 0 Å². The van der Waals surface area contributed by atoms with Crippen molar-refractivity contribution in [3.8, 4) is 0 Å². The molecular formula is C27H28F6N4O3S. The third-order valence-corrected chi connectivity index (χ3v) is 6.37. The standard InChI is InChI=1S/C27H28F6N4O3S/c1-5-37-15(4)21(23(38)40-13-14(2)3)22(36-25(37)41)16-6-8-19(9-7-16)34-24(39)35-20-11-17(26(28,29)30)10-18(12-20)27(31,32)33/h6-12,14,22H,5,13H2,1-4H3,(H,36,41)(H2,34,35,39). The van der Waals surface area contributed by atoms with Crippen molar-refractivity contribution in [2.45, 2.75) is 46.1 Å². The number of allylic oxidation sites excluding steroid dienone is 1. The minimum absolute atomic E-state index is 0.0322. The Morgan fingerprint density at radius 3 is 2.00 bits per heavy atom. The van der Waals surface area contributed by atoms with Crippen LogP contribution in [0.2, 0.25) is 0 Å². The summed E-state index contributed by atoms with van der Waals surface area (Å²) in [5.74, 6) is -0.402. The van der Waals surface area contributed by atoms with Gasteiger partial charge < -0.3 is 25.6 Å². The van der Waals surface area contributed by atoms with Crippen LogP contribution in [0.15, 0.2) is 53.7 Å². The number of nitrogens with zero attached hydrogens (tertiary/aromatic N) is 1. The maximum Gasteiger partial charge on any atom is 0.416 e. The zero-order valence-electron chi connectivity index (χ0n) is 22.5. The Balaban J connectivity index is 1.82. The molecule has 41 heavy (non-hydrogen) atoms. The van der Waals surface area contributed by atoms with E-state index in [4.69, 9.17) is 17.0 Å². The monoisotopic (exact) mass is 602 g/mol. The lowest BCUT2D eigenvalue weighted by Gasteiger charge is -2.37. The fraction of sp³-hybridized carbons (Fsp3) is 0.370. The molecule has 222 valence electrons. The van der Waals surface area contributed by atoms with E-state index in [0.29, 0.717) is 40.6 Å². The molecule has 1 aliphatic heterocycles. The third-order valence-electron chi connectivity index (χ3n) is 6.03. The van der Waals surface area contributed by atoms with Crippen LogP contribution in [0.25, 0.3) is 0 Å². The summed E-state index contributed by atoms with van der Waals surface area (Å²) in [7, 11) is 0. The number of amides is 2. The van der Waals surface area contributed by atoms with Crippen molar-refractivity contribution in [1.82, 2.24) is 10.2 Å². The number of hydrogen-bond acceptors (Lipinski definition) is 4. The number of hydrogen-bond donors (Lipinski definition) is 3. The zero-order chi connectivity index (χ0) is 30.7. The Hall–Kier alpha value is -3.81. The van der Waals surface area contributed by atoms with Crippen LogP contribution in [0.3, 0.4) is 0 Å². The van der Waals surface area contributed by atoms with Gasteiger partial charge in [0.15, 0.2) is 5.11 Å². The molecule has 1 aliphatic rings. The maximum atomic E-state index is 13.1. The van der Waals surface area contributed by atoms with E-state index in [1.54, 1.807) is 24.0 Å². The molecule has 0 fully saturated rings. The van der Waals surface area contributed by atoms with Crippen LogP contribution >= 0.6 is 12.2 Å². The highest BCUT2D eigenvalue weighted by molar-refractivity contribution is 7.80. The molecule has 0 saturated heterocycles. The van der Waals surface area contributed by atoms with Crippen LogP contribution in [0.5, 0.6) is 0 Å². The summed E-state index contributed by atoms with van der Waals surface area (Å²) in [6.45, 7) is 8.18. The number of thiocarbonyl (C=S) groups is 1. The lowest BCUT2D eigenvalue weighted by atomic mass is 9.95. The molecular weight excluding hydrogens is 574 g/mol.